The van der Waals surface area contributed by atoms with Crippen molar-refractivity contribution >= 4 is 28.5 Å². The SMILES string of the molecule is CC(=O)Cl.CC(=O)NCC(=O)c1ccccc1. The molecule has 0 radical (unpaired) electrons. The summed E-state index contributed by atoms with van der Waals surface area (Å²) < 4.78 is 0. The summed E-state index contributed by atoms with van der Waals surface area (Å²) in [5.41, 5.74) is 0.622. The van der Waals surface area contributed by atoms with Gasteiger partial charge in [0.2, 0.25) is 11.1 Å². The first-order chi connectivity index (χ1) is 7.93. The summed E-state index contributed by atoms with van der Waals surface area (Å²) >= 11 is 4.64. The molecule has 1 amide bonds. The van der Waals surface area contributed by atoms with Crippen molar-refractivity contribution in [3.63, 3.8) is 0 Å². The van der Waals surface area contributed by atoms with Crippen LogP contribution >= 0.6 is 11.6 Å². The normalized spacial score (nSPS) is 8.65. The van der Waals surface area contributed by atoms with E-state index >= 15 is 0 Å². The molecule has 92 valence electrons. The van der Waals surface area contributed by atoms with Crippen LogP contribution in [0.1, 0.15) is 24.2 Å². The van der Waals surface area contributed by atoms with Crippen LogP contribution in [0.4, 0.5) is 0 Å². The van der Waals surface area contributed by atoms with E-state index in [2.05, 4.69) is 16.9 Å². The van der Waals surface area contributed by atoms with E-state index in [0.29, 0.717) is 5.56 Å². The molecule has 0 bridgehead atoms. The van der Waals surface area contributed by atoms with Crippen molar-refractivity contribution in [2.24, 2.45) is 0 Å². The van der Waals surface area contributed by atoms with E-state index in [0.717, 1.165) is 0 Å². The highest BCUT2D eigenvalue weighted by atomic mass is 35.5. The Labute approximate surface area is 105 Å². The van der Waals surface area contributed by atoms with E-state index in [1.165, 1.54) is 13.8 Å². The Kier molecular flexibility index (Phi) is 7.63. The van der Waals surface area contributed by atoms with Crippen molar-refractivity contribution in [1.29, 1.82) is 0 Å². The second kappa shape index (κ2) is 8.47. The average molecular weight is 256 g/mol. The molecule has 1 aromatic rings. The lowest BCUT2D eigenvalue weighted by Crippen LogP contribution is -2.27. The van der Waals surface area contributed by atoms with Crippen molar-refractivity contribution in [2.75, 3.05) is 6.54 Å². The third kappa shape index (κ3) is 9.26. The Balaban J connectivity index is 0.000000557. The number of carbonyl (C=O) groups is 3. The van der Waals surface area contributed by atoms with Crippen LogP contribution in [-0.2, 0) is 9.59 Å². The molecule has 0 saturated heterocycles. The number of amides is 1. The van der Waals surface area contributed by atoms with Gasteiger partial charge in [-0.15, -0.1) is 0 Å². The molecule has 5 heteroatoms. The van der Waals surface area contributed by atoms with Gasteiger partial charge in [-0.25, -0.2) is 0 Å². The number of rotatable bonds is 3. The Morgan fingerprint density at radius 2 is 1.59 bits per heavy atom. The van der Waals surface area contributed by atoms with Gasteiger partial charge in [-0.2, -0.15) is 0 Å². The monoisotopic (exact) mass is 255 g/mol. The zero-order valence-corrected chi connectivity index (χ0v) is 10.5. The molecular weight excluding hydrogens is 242 g/mol. The molecular formula is C12H14ClNO3. The number of Topliss-reactive ketones (excluding diaryl/α,β-unsaturated/α-hetero) is 1. The number of hydrogen-bond acceptors (Lipinski definition) is 3. The van der Waals surface area contributed by atoms with Gasteiger partial charge in [0.05, 0.1) is 6.54 Å². The smallest absolute Gasteiger partial charge is 0.218 e. The molecule has 0 saturated carbocycles. The van der Waals surface area contributed by atoms with Gasteiger partial charge in [0.1, 0.15) is 0 Å². The number of halogens is 1. The van der Waals surface area contributed by atoms with Gasteiger partial charge in [-0.05, 0) is 11.6 Å². The molecule has 0 spiro atoms. The number of nitrogens with one attached hydrogen (secondary N) is 1. The molecule has 0 aromatic heterocycles. The summed E-state index contributed by atoms with van der Waals surface area (Å²) in [7, 11) is 0. The molecule has 0 aliphatic carbocycles. The highest BCUT2D eigenvalue weighted by Gasteiger charge is 2.04. The molecule has 0 aliphatic rings. The number of hydrogen-bond donors (Lipinski definition) is 1. The third-order valence-corrected chi connectivity index (χ3v) is 1.59. The van der Waals surface area contributed by atoms with Crippen LogP contribution in [0.25, 0.3) is 0 Å². The molecule has 0 fully saturated rings. The summed E-state index contributed by atoms with van der Waals surface area (Å²) in [6.45, 7) is 2.75. The first-order valence-corrected chi connectivity index (χ1v) is 5.30. The topological polar surface area (TPSA) is 63.2 Å². The maximum absolute atomic E-state index is 11.3. The van der Waals surface area contributed by atoms with E-state index in [1.54, 1.807) is 24.3 Å². The van der Waals surface area contributed by atoms with Gasteiger partial charge in [0.25, 0.3) is 0 Å². The summed E-state index contributed by atoms with van der Waals surface area (Å²) in [5.74, 6) is -0.264. The predicted octanol–water partition coefficient (Wildman–Crippen LogP) is 1.78. The lowest BCUT2D eigenvalue weighted by molar-refractivity contribution is -0.118. The Bertz CT molecular complexity index is 386. The van der Waals surface area contributed by atoms with E-state index in [4.69, 9.17) is 0 Å². The van der Waals surface area contributed by atoms with Gasteiger partial charge >= 0.3 is 0 Å². The quantitative estimate of drug-likeness (QED) is 0.661. The van der Waals surface area contributed by atoms with Crippen LogP contribution < -0.4 is 5.32 Å². The van der Waals surface area contributed by atoms with Gasteiger partial charge in [-0.1, -0.05) is 30.3 Å². The summed E-state index contributed by atoms with van der Waals surface area (Å²) in [5, 5.41) is 2.09. The van der Waals surface area contributed by atoms with E-state index in [9.17, 15) is 14.4 Å². The predicted molar refractivity (Wildman–Crippen MR) is 66.0 cm³/mol. The second-order valence-electron chi connectivity index (χ2n) is 3.17. The van der Waals surface area contributed by atoms with Crippen molar-refractivity contribution in [3.8, 4) is 0 Å². The fourth-order valence-corrected chi connectivity index (χ4v) is 0.931. The van der Waals surface area contributed by atoms with Crippen LogP contribution in [-0.4, -0.2) is 23.5 Å². The highest BCUT2D eigenvalue weighted by Crippen LogP contribution is 1.98. The highest BCUT2D eigenvalue weighted by molar-refractivity contribution is 6.62. The van der Waals surface area contributed by atoms with Crippen molar-refractivity contribution in [3.05, 3.63) is 35.9 Å². The minimum Gasteiger partial charge on any atom is -0.349 e. The Morgan fingerprint density at radius 3 is 2.00 bits per heavy atom. The van der Waals surface area contributed by atoms with E-state index in [1.807, 2.05) is 6.07 Å². The molecule has 0 unspecified atom stereocenters. The Morgan fingerprint density at radius 1 is 1.12 bits per heavy atom. The second-order valence-corrected chi connectivity index (χ2v) is 3.70. The molecule has 1 aromatic carbocycles. The number of ketones is 1. The molecule has 0 aliphatic heterocycles. The average Bonchev–Trinajstić information content (AvgIpc) is 2.26. The summed E-state index contributed by atoms with van der Waals surface area (Å²) in [4.78, 5) is 31.1. The minimum atomic E-state index is -0.361. The largest absolute Gasteiger partial charge is 0.349 e. The molecule has 17 heavy (non-hydrogen) atoms. The van der Waals surface area contributed by atoms with Gasteiger partial charge in [0.15, 0.2) is 5.78 Å². The zero-order chi connectivity index (χ0) is 13.3. The maximum atomic E-state index is 11.3. The number of carbonyl (C=O) groups excluding carboxylic acids is 3. The van der Waals surface area contributed by atoms with Crippen molar-refractivity contribution in [2.45, 2.75) is 13.8 Å². The molecule has 0 atom stereocenters. The van der Waals surface area contributed by atoms with Crippen LogP contribution in [0.3, 0.4) is 0 Å². The first kappa shape index (κ1) is 15.3. The molecule has 4 nitrogen and oxygen atoms in total. The lowest BCUT2D eigenvalue weighted by atomic mass is 10.1. The molecule has 0 heterocycles. The Hall–Kier alpha value is -1.68. The molecule has 1 rings (SSSR count). The minimum absolute atomic E-state index is 0.0688. The van der Waals surface area contributed by atoms with Crippen molar-refractivity contribution < 1.29 is 14.4 Å². The van der Waals surface area contributed by atoms with Crippen LogP contribution in [0, 0.1) is 0 Å². The standard InChI is InChI=1S/C10H11NO2.C2H3ClO/c1-8(12)11-7-10(13)9-5-3-2-4-6-9;1-2(3)4/h2-6H,7H2,1H3,(H,11,12);1H3. The third-order valence-electron chi connectivity index (χ3n) is 1.59. The van der Waals surface area contributed by atoms with Gasteiger partial charge in [0, 0.05) is 19.4 Å². The van der Waals surface area contributed by atoms with Crippen LogP contribution in [0.15, 0.2) is 30.3 Å². The molecule has 1 N–H and O–H groups in total. The summed E-state index contributed by atoms with van der Waals surface area (Å²) in [6.07, 6.45) is 0. The number of benzene rings is 1. The van der Waals surface area contributed by atoms with E-state index < -0.39 is 0 Å². The van der Waals surface area contributed by atoms with Crippen molar-refractivity contribution in [1.82, 2.24) is 5.32 Å². The lowest BCUT2D eigenvalue weighted by Gasteiger charge is -2.00. The van der Waals surface area contributed by atoms with E-state index in [-0.39, 0.29) is 23.5 Å². The zero-order valence-electron chi connectivity index (χ0n) is 9.70. The van der Waals surface area contributed by atoms with Crippen LogP contribution in [0.2, 0.25) is 0 Å². The van der Waals surface area contributed by atoms with Gasteiger partial charge in [-0.3, -0.25) is 14.4 Å². The maximum Gasteiger partial charge on any atom is 0.218 e. The van der Waals surface area contributed by atoms with Gasteiger partial charge < -0.3 is 5.32 Å². The fraction of sp³-hybridized carbons (Fsp3) is 0.250. The van der Waals surface area contributed by atoms with Crippen LogP contribution in [0.5, 0.6) is 0 Å². The first-order valence-electron chi connectivity index (χ1n) is 4.92. The summed E-state index contributed by atoms with van der Waals surface area (Å²) in [6, 6.07) is 8.88. The fourth-order valence-electron chi connectivity index (χ4n) is 0.931.